The quantitative estimate of drug-likeness (QED) is 0.815. The molecule has 0 spiro atoms. The maximum absolute atomic E-state index is 11.9. The average molecular weight is 247 g/mol. The Bertz CT molecular complexity index is 435. The minimum Gasteiger partial charge on any atom is -0.396 e. The molecule has 1 aromatic rings. The van der Waals surface area contributed by atoms with Gasteiger partial charge in [-0.2, -0.15) is 5.26 Å². The molecule has 0 aliphatic rings. The lowest BCUT2D eigenvalue weighted by Crippen LogP contribution is -2.39. The standard InChI is InChI=1S/C13H17N3O2/c1-9(2)11(5-6-17)16-13(18)12-4-3-10(7-14)8-15-12/h3-4,8-9,11,17H,5-6H2,1-2H3,(H,16,18). The predicted molar refractivity (Wildman–Crippen MR) is 66.7 cm³/mol. The molecule has 0 saturated heterocycles. The van der Waals surface area contributed by atoms with Crippen LogP contribution in [0.3, 0.4) is 0 Å². The van der Waals surface area contributed by atoms with Crippen molar-refractivity contribution < 1.29 is 9.90 Å². The Morgan fingerprint density at radius 3 is 2.72 bits per heavy atom. The van der Waals surface area contributed by atoms with Gasteiger partial charge in [0.2, 0.25) is 0 Å². The summed E-state index contributed by atoms with van der Waals surface area (Å²) in [5, 5.41) is 20.4. The van der Waals surface area contributed by atoms with Crippen LogP contribution in [0.1, 0.15) is 36.3 Å². The monoisotopic (exact) mass is 247 g/mol. The van der Waals surface area contributed by atoms with Crippen molar-refractivity contribution in [2.24, 2.45) is 5.92 Å². The highest BCUT2D eigenvalue weighted by Crippen LogP contribution is 2.07. The molecule has 18 heavy (non-hydrogen) atoms. The van der Waals surface area contributed by atoms with Crippen LogP contribution in [0.2, 0.25) is 0 Å². The number of hydrogen-bond donors (Lipinski definition) is 2. The zero-order valence-corrected chi connectivity index (χ0v) is 10.6. The molecule has 96 valence electrons. The number of aliphatic hydroxyl groups excluding tert-OH is 1. The first-order chi connectivity index (χ1) is 8.58. The van der Waals surface area contributed by atoms with Crippen molar-refractivity contribution in [3.8, 4) is 6.07 Å². The molecule has 1 unspecified atom stereocenters. The van der Waals surface area contributed by atoms with E-state index < -0.39 is 0 Å². The van der Waals surface area contributed by atoms with Gasteiger partial charge in [-0.1, -0.05) is 13.8 Å². The molecule has 0 aliphatic carbocycles. The van der Waals surface area contributed by atoms with Crippen LogP contribution < -0.4 is 5.32 Å². The lowest BCUT2D eigenvalue weighted by atomic mass is 10.0. The third-order valence-corrected chi connectivity index (χ3v) is 2.69. The van der Waals surface area contributed by atoms with E-state index in [1.54, 1.807) is 6.07 Å². The number of amides is 1. The molecule has 0 bridgehead atoms. The van der Waals surface area contributed by atoms with E-state index in [9.17, 15) is 4.79 Å². The first kappa shape index (κ1) is 14.1. The Labute approximate surface area is 106 Å². The Kier molecular flexibility index (Phi) is 5.28. The van der Waals surface area contributed by atoms with Crippen molar-refractivity contribution in [3.05, 3.63) is 29.6 Å². The minimum atomic E-state index is -0.286. The highest BCUT2D eigenvalue weighted by Gasteiger charge is 2.17. The van der Waals surface area contributed by atoms with Crippen LogP contribution in [0.15, 0.2) is 18.3 Å². The highest BCUT2D eigenvalue weighted by atomic mass is 16.3. The summed E-state index contributed by atoms with van der Waals surface area (Å²) in [6.07, 6.45) is 1.88. The maximum atomic E-state index is 11.9. The molecular formula is C13H17N3O2. The van der Waals surface area contributed by atoms with E-state index in [1.807, 2.05) is 19.9 Å². The van der Waals surface area contributed by atoms with Crippen LogP contribution in [-0.4, -0.2) is 28.6 Å². The van der Waals surface area contributed by atoms with Gasteiger partial charge < -0.3 is 10.4 Å². The molecule has 0 fully saturated rings. The summed E-state index contributed by atoms with van der Waals surface area (Å²) in [5.74, 6) is -0.0499. The fourth-order valence-corrected chi connectivity index (χ4v) is 1.55. The summed E-state index contributed by atoms with van der Waals surface area (Å²) in [6, 6.07) is 4.93. The van der Waals surface area contributed by atoms with Crippen LogP contribution in [0.4, 0.5) is 0 Å². The second kappa shape index (κ2) is 6.72. The van der Waals surface area contributed by atoms with Gasteiger partial charge in [-0.25, -0.2) is 4.98 Å². The second-order valence-electron chi connectivity index (χ2n) is 4.38. The van der Waals surface area contributed by atoms with Crippen LogP contribution in [0, 0.1) is 17.2 Å². The molecule has 5 nitrogen and oxygen atoms in total. The Morgan fingerprint density at radius 2 is 2.28 bits per heavy atom. The molecular weight excluding hydrogens is 230 g/mol. The van der Waals surface area contributed by atoms with Gasteiger partial charge in [0, 0.05) is 18.8 Å². The fraction of sp³-hybridized carbons (Fsp3) is 0.462. The molecule has 0 saturated carbocycles. The SMILES string of the molecule is CC(C)C(CCO)NC(=O)c1ccc(C#N)cn1. The zero-order valence-electron chi connectivity index (χ0n) is 10.6. The second-order valence-corrected chi connectivity index (χ2v) is 4.38. The van der Waals surface area contributed by atoms with Gasteiger partial charge in [0.15, 0.2) is 0 Å². The lowest BCUT2D eigenvalue weighted by molar-refractivity contribution is 0.0911. The van der Waals surface area contributed by atoms with E-state index in [0.717, 1.165) is 0 Å². The number of nitrogens with zero attached hydrogens (tertiary/aromatic N) is 2. The Hall–Kier alpha value is -1.93. The van der Waals surface area contributed by atoms with E-state index >= 15 is 0 Å². The van der Waals surface area contributed by atoms with Crippen LogP contribution in [-0.2, 0) is 0 Å². The predicted octanol–water partition coefficient (Wildman–Crippen LogP) is 1.09. The third-order valence-electron chi connectivity index (χ3n) is 2.69. The zero-order chi connectivity index (χ0) is 13.5. The first-order valence-electron chi connectivity index (χ1n) is 5.86. The largest absolute Gasteiger partial charge is 0.396 e. The topological polar surface area (TPSA) is 86.0 Å². The average Bonchev–Trinajstić information content (AvgIpc) is 2.38. The summed E-state index contributed by atoms with van der Waals surface area (Å²) in [7, 11) is 0. The maximum Gasteiger partial charge on any atom is 0.270 e. The Morgan fingerprint density at radius 1 is 1.56 bits per heavy atom. The number of carbonyl (C=O) groups is 1. The van der Waals surface area contributed by atoms with E-state index in [2.05, 4.69) is 10.3 Å². The summed E-state index contributed by atoms with van der Waals surface area (Å²) in [4.78, 5) is 15.8. The van der Waals surface area contributed by atoms with Gasteiger partial charge >= 0.3 is 0 Å². The van der Waals surface area contributed by atoms with Crippen LogP contribution >= 0.6 is 0 Å². The first-order valence-corrected chi connectivity index (χ1v) is 5.86. The normalized spacial score (nSPS) is 11.9. The van der Waals surface area contributed by atoms with Gasteiger partial charge in [-0.3, -0.25) is 4.79 Å². The number of carbonyl (C=O) groups excluding carboxylic acids is 1. The number of aliphatic hydroxyl groups is 1. The summed E-state index contributed by atoms with van der Waals surface area (Å²) in [6.45, 7) is 3.99. The molecule has 1 rings (SSSR count). The molecule has 1 amide bonds. The number of rotatable bonds is 5. The van der Waals surface area contributed by atoms with Crippen molar-refractivity contribution in [2.45, 2.75) is 26.3 Å². The third kappa shape index (κ3) is 3.82. The highest BCUT2D eigenvalue weighted by molar-refractivity contribution is 5.92. The minimum absolute atomic E-state index is 0.0317. The molecule has 1 atom stereocenters. The van der Waals surface area contributed by atoms with Gasteiger partial charge in [-0.05, 0) is 24.5 Å². The van der Waals surface area contributed by atoms with Crippen LogP contribution in [0.5, 0.6) is 0 Å². The van der Waals surface area contributed by atoms with Crippen molar-refractivity contribution in [1.29, 1.82) is 5.26 Å². The van der Waals surface area contributed by atoms with E-state index in [-0.39, 0.29) is 30.2 Å². The molecule has 1 aromatic heterocycles. The summed E-state index contributed by atoms with van der Waals surface area (Å²) in [5.41, 5.74) is 0.694. The fourth-order valence-electron chi connectivity index (χ4n) is 1.55. The number of pyridine rings is 1. The summed E-state index contributed by atoms with van der Waals surface area (Å²) < 4.78 is 0. The summed E-state index contributed by atoms with van der Waals surface area (Å²) >= 11 is 0. The molecule has 2 N–H and O–H groups in total. The van der Waals surface area contributed by atoms with Crippen molar-refractivity contribution in [1.82, 2.24) is 10.3 Å². The van der Waals surface area contributed by atoms with Crippen LogP contribution in [0.25, 0.3) is 0 Å². The molecule has 0 aromatic carbocycles. The molecule has 0 aliphatic heterocycles. The molecule has 5 heteroatoms. The van der Waals surface area contributed by atoms with Gasteiger partial charge in [0.1, 0.15) is 11.8 Å². The Balaban J connectivity index is 2.71. The van der Waals surface area contributed by atoms with Crippen molar-refractivity contribution in [3.63, 3.8) is 0 Å². The van der Waals surface area contributed by atoms with Gasteiger partial charge in [-0.15, -0.1) is 0 Å². The number of aromatic nitrogens is 1. The number of nitriles is 1. The lowest BCUT2D eigenvalue weighted by Gasteiger charge is -2.21. The number of hydrogen-bond acceptors (Lipinski definition) is 4. The van der Waals surface area contributed by atoms with E-state index in [0.29, 0.717) is 12.0 Å². The van der Waals surface area contributed by atoms with Crippen molar-refractivity contribution >= 4 is 5.91 Å². The smallest absolute Gasteiger partial charge is 0.270 e. The molecule has 0 radical (unpaired) electrons. The van der Waals surface area contributed by atoms with Gasteiger partial charge in [0.25, 0.3) is 5.91 Å². The van der Waals surface area contributed by atoms with E-state index in [4.69, 9.17) is 10.4 Å². The number of nitrogens with one attached hydrogen (secondary N) is 1. The molecule has 1 heterocycles. The van der Waals surface area contributed by atoms with Crippen molar-refractivity contribution in [2.75, 3.05) is 6.61 Å². The van der Waals surface area contributed by atoms with Gasteiger partial charge in [0.05, 0.1) is 5.56 Å². The van der Waals surface area contributed by atoms with E-state index in [1.165, 1.54) is 12.3 Å².